The zero-order valence-corrected chi connectivity index (χ0v) is 25.9. The van der Waals surface area contributed by atoms with Gasteiger partial charge in [-0.2, -0.15) is 0 Å². The third-order valence-electron chi connectivity index (χ3n) is 10.2. The quantitative estimate of drug-likeness (QED) is 0.204. The van der Waals surface area contributed by atoms with Crippen LogP contribution in [-0.2, 0) is 14.6 Å². The van der Waals surface area contributed by atoms with Gasteiger partial charge in [-0.3, -0.25) is 0 Å². The van der Waals surface area contributed by atoms with Crippen LogP contribution >= 0.6 is 0 Å². The van der Waals surface area contributed by atoms with Crippen molar-refractivity contribution < 1.29 is 14.6 Å². The summed E-state index contributed by atoms with van der Waals surface area (Å²) in [5, 5.41) is 0. The summed E-state index contributed by atoms with van der Waals surface area (Å²) in [4.78, 5) is 0. The van der Waals surface area contributed by atoms with E-state index in [0.29, 0.717) is 8.45 Å². The second kappa shape index (κ2) is 9.79. The number of allylic oxidation sites excluding steroid dienone is 2. The molecule has 38 heavy (non-hydrogen) atoms. The summed E-state index contributed by atoms with van der Waals surface area (Å²) in [5.41, 5.74) is 9.17. The monoisotopic (exact) mass is 547 g/mol. The second-order valence-electron chi connectivity index (χ2n) is 11.6. The van der Waals surface area contributed by atoms with Gasteiger partial charge >= 0.3 is 232 Å². The van der Waals surface area contributed by atoms with Crippen LogP contribution in [-0.4, -0.2) is 6.66 Å². The molecular weight excluding hydrogens is 508 g/mol. The Labute approximate surface area is 230 Å². The Bertz CT molecular complexity index is 1420. The van der Waals surface area contributed by atoms with Crippen LogP contribution in [0.4, 0.5) is 0 Å². The summed E-state index contributed by atoms with van der Waals surface area (Å²) >= 11 is -4.14. The molecule has 2 unspecified atom stereocenters. The van der Waals surface area contributed by atoms with Crippen LogP contribution in [0.5, 0.6) is 0 Å². The minimum absolute atomic E-state index is 0.448. The van der Waals surface area contributed by atoms with Gasteiger partial charge in [0.25, 0.3) is 0 Å². The summed E-state index contributed by atoms with van der Waals surface area (Å²) in [6.07, 6.45) is 5.07. The van der Waals surface area contributed by atoms with Crippen LogP contribution in [0, 0.1) is 0 Å². The number of rotatable bonds is 7. The van der Waals surface area contributed by atoms with Crippen molar-refractivity contribution in [3.05, 3.63) is 143 Å². The van der Waals surface area contributed by atoms with Crippen LogP contribution in [0.3, 0.4) is 0 Å². The molecule has 0 radical (unpaired) electrons. The summed E-state index contributed by atoms with van der Waals surface area (Å²) in [5.74, 6) is 0. The van der Waals surface area contributed by atoms with Crippen molar-refractivity contribution in [3.8, 4) is 0 Å². The maximum atomic E-state index is 2.55. The van der Waals surface area contributed by atoms with Gasteiger partial charge in [-0.15, -0.1) is 0 Å². The third kappa shape index (κ3) is 3.25. The maximum absolute atomic E-state index is 4.14. The third-order valence-corrected chi connectivity index (χ3v) is 42.9. The fraction of sp³-hybridized carbons (Fsp3) is 0.222. The van der Waals surface area contributed by atoms with Crippen molar-refractivity contribution in [1.29, 1.82) is 0 Å². The first-order chi connectivity index (χ1) is 18.6. The number of fused-ring (bicyclic) bond motifs is 2. The molecule has 4 aromatic rings. The molecule has 191 valence electrons. The molecule has 2 atom stereocenters. The summed E-state index contributed by atoms with van der Waals surface area (Å²) < 4.78 is 4.26. The molecule has 4 aromatic carbocycles. The molecule has 0 bridgehead atoms. The molecule has 0 aliphatic heterocycles. The first-order valence-electron chi connectivity index (χ1n) is 14.4. The Morgan fingerprint density at radius 3 is 1.29 bits per heavy atom. The van der Waals surface area contributed by atoms with E-state index >= 15 is 0 Å². The molecule has 0 spiro atoms. The van der Waals surface area contributed by atoms with E-state index in [-0.39, 0.29) is 0 Å². The van der Waals surface area contributed by atoms with Gasteiger partial charge < -0.3 is 0 Å². The summed E-state index contributed by atoms with van der Waals surface area (Å²) in [6.45, 7) is 8.53. The van der Waals surface area contributed by atoms with Gasteiger partial charge in [-0.25, -0.2) is 0 Å². The second-order valence-corrected chi connectivity index (χ2v) is 31.9. The predicted octanol–water partition coefficient (Wildman–Crippen LogP) is 8.41. The number of benzene rings is 4. The van der Waals surface area contributed by atoms with Crippen molar-refractivity contribution in [1.82, 2.24) is 0 Å². The summed E-state index contributed by atoms with van der Waals surface area (Å²) in [6, 6.07) is 45.3. The van der Waals surface area contributed by atoms with Crippen LogP contribution in [0.2, 0.25) is 12.1 Å². The van der Waals surface area contributed by atoms with Gasteiger partial charge in [-0.05, 0) is 0 Å². The molecule has 0 aromatic heterocycles. The van der Waals surface area contributed by atoms with Crippen molar-refractivity contribution >= 4 is 26.6 Å². The van der Waals surface area contributed by atoms with E-state index in [2.05, 4.69) is 149 Å². The molecule has 2 heteroatoms. The normalized spacial score (nSPS) is 19.3. The van der Waals surface area contributed by atoms with Crippen molar-refractivity contribution in [3.63, 3.8) is 0 Å². The molecular formula is C36H39SiTi. The zero-order valence-electron chi connectivity index (χ0n) is 23.2. The molecule has 6 rings (SSSR count). The SMILES string of the molecule is CC[SiH](CC)[Ti]([c]1ccccc1)([c]1ccccc1)([CH]1C(C)=Cc2ccccc21)[CH]1C(C)=Cc2ccccc21. The van der Waals surface area contributed by atoms with Crippen molar-refractivity contribution in [2.45, 2.75) is 48.2 Å². The number of hydrogen-bond acceptors (Lipinski definition) is 0. The predicted molar refractivity (Wildman–Crippen MR) is 166 cm³/mol. The number of hydrogen-bond donors (Lipinski definition) is 0. The average Bonchev–Trinajstić information content (AvgIpc) is 3.49. The fourth-order valence-electron chi connectivity index (χ4n) is 9.34. The minimum atomic E-state index is -4.14. The Kier molecular flexibility index (Phi) is 6.59. The molecule has 0 saturated carbocycles. The van der Waals surface area contributed by atoms with E-state index in [0.717, 1.165) is 0 Å². The fourth-order valence-corrected chi connectivity index (χ4v) is 48.2. The van der Waals surface area contributed by atoms with E-state index in [9.17, 15) is 0 Å². The topological polar surface area (TPSA) is 0 Å². The van der Waals surface area contributed by atoms with E-state index in [4.69, 9.17) is 0 Å². The van der Waals surface area contributed by atoms with Gasteiger partial charge in [0, 0.05) is 0 Å². The first kappa shape index (κ1) is 25.6. The molecule has 0 amide bonds. The first-order valence-corrected chi connectivity index (χ1v) is 22.7. The Morgan fingerprint density at radius 1 is 0.526 bits per heavy atom. The molecule has 2 aliphatic rings. The van der Waals surface area contributed by atoms with Crippen molar-refractivity contribution in [2.75, 3.05) is 0 Å². The average molecular weight is 548 g/mol. The van der Waals surface area contributed by atoms with Crippen LogP contribution in [0.25, 0.3) is 12.2 Å². The van der Waals surface area contributed by atoms with Crippen LogP contribution in [0.1, 0.15) is 58.4 Å². The van der Waals surface area contributed by atoms with Crippen LogP contribution in [0.15, 0.2) is 120 Å². The van der Waals surface area contributed by atoms with Gasteiger partial charge in [0.2, 0.25) is 0 Å². The van der Waals surface area contributed by atoms with Gasteiger partial charge in [0.05, 0.1) is 0 Å². The molecule has 0 heterocycles. The van der Waals surface area contributed by atoms with E-state index in [1.165, 1.54) is 23.2 Å². The van der Waals surface area contributed by atoms with Crippen molar-refractivity contribution in [2.24, 2.45) is 0 Å². The van der Waals surface area contributed by atoms with Gasteiger partial charge in [0.15, 0.2) is 0 Å². The van der Waals surface area contributed by atoms with Crippen LogP contribution < -0.4 is 7.74 Å². The molecule has 0 saturated heterocycles. The Morgan fingerprint density at radius 2 is 0.895 bits per heavy atom. The van der Waals surface area contributed by atoms with E-state index in [1.54, 1.807) is 30.0 Å². The molecule has 2 aliphatic carbocycles. The van der Waals surface area contributed by atoms with Gasteiger partial charge in [-0.1, -0.05) is 0 Å². The Hall–Kier alpha value is -2.71. The standard InChI is InChI=1S/2C10H9.2C6H5.C4H11Si.Ti/c2*1-8-6-9-4-2-3-5-10(9)7-8;2*1-2-4-6-5-3-1;1-3-5-4-2;/h2*2-7H,1H3;2*1-5H;5H,3-4H2,1-2H3;. The van der Waals surface area contributed by atoms with E-state index < -0.39 is 21.2 Å². The molecule has 0 fully saturated rings. The zero-order chi connectivity index (χ0) is 26.4. The van der Waals surface area contributed by atoms with E-state index in [1.807, 2.05) is 0 Å². The van der Waals surface area contributed by atoms with Gasteiger partial charge in [0.1, 0.15) is 0 Å². The summed E-state index contributed by atoms with van der Waals surface area (Å²) in [7, 11) is 0. The molecule has 0 nitrogen and oxygen atoms in total. The molecule has 0 N–H and O–H groups in total. The Balaban J connectivity index is 1.91.